The van der Waals surface area contributed by atoms with Gasteiger partial charge in [-0.1, -0.05) is 115 Å². The van der Waals surface area contributed by atoms with Crippen LogP contribution >= 0.6 is 0 Å². The van der Waals surface area contributed by atoms with Gasteiger partial charge in [0.05, 0.1) is 12.0 Å². The maximum Gasteiger partial charge on any atom is 0.253 e. The number of rotatable bonds is 3. The van der Waals surface area contributed by atoms with E-state index in [1.54, 1.807) is 0 Å². The number of ketones is 1. The molecule has 0 saturated carbocycles. The SMILES string of the molecule is O=C1c2ccccc2CC[C@@]12[C@H](c1cccc3ccccc13)C1CCCN1[C@]21C(=O)N(Cc2ccccc2)c2ccccc21. The van der Waals surface area contributed by atoms with Gasteiger partial charge in [0.2, 0.25) is 0 Å². The van der Waals surface area contributed by atoms with Crippen molar-refractivity contribution >= 4 is 28.2 Å². The van der Waals surface area contributed by atoms with E-state index in [1.807, 2.05) is 47.4 Å². The maximum atomic E-state index is 15.6. The molecule has 216 valence electrons. The molecule has 2 fully saturated rings. The molecule has 44 heavy (non-hydrogen) atoms. The lowest BCUT2D eigenvalue weighted by atomic mass is 9.52. The standard InChI is InChI=1S/C40H34N2O2/c43-37-31-18-7-5-15-29(31)23-24-39(37)36(32-19-10-16-28-14-4-6-17-30(28)32)35-22-11-25-42(35)40(39)33-20-8-9-21-34(33)41(38(40)44)26-27-12-2-1-3-13-27/h1-10,12-21,35-36H,11,22-26H2/t35?,36-,39-,40-/m1/s1. The molecule has 4 nitrogen and oxygen atoms in total. The molecule has 2 spiro atoms. The molecule has 5 aromatic rings. The van der Waals surface area contributed by atoms with Gasteiger partial charge in [0.1, 0.15) is 5.54 Å². The van der Waals surface area contributed by atoms with Crippen molar-refractivity contribution in [3.8, 4) is 0 Å². The molecule has 5 aromatic carbocycles. The first-order chi connectivity index (χ1) is 21.7. The highest BCUT2D eigenvalue weighted by molar-refractivity contribution is 6.16. The van der Waals surface area contributed by atoms with Crippen LogP contribution in [0.2, 0.25) is 0 Å². The molecule has 2 saturated heterocycles. The predicted molar refractivity (Wildman–Crippen MR) is 174 cm³/mol. The molecule has 1 amide bonds. The predicted octanol–water partition coefficient (Wildman–Crippen LogP) is 7.66. The van der Waals surface area contributed by atoms with Crippen molar-refractivity contribution < 1.29 is 9.59 Å². The van der Waals surface area contributed by atoms with E-state index in [0.29, 0.717) is 13.0 Å². The molecule has 1 unspecified atom stereocenters. The first-order valence-electron chi connectivity index (χ1n) is 16.0. The zero-order valence-corrected chi connectivity index (χ0v) is 24.7. The van der Waals surface area contributed by atoms with E-state index in [-0.39, 0.29) is 23.7 Å². The van der Waals surface area contributed by atoms with Crippen LogP contribution in [0.15, 0.2) is 121 Å². The molecule has 3 aliphatic heterocycles. The van der Waals surface area contributed by atoms with Crippen molar-refractivity contribution in [1.29, 1.82) is 0 Å². The molecule has 0 aromatic heterocycles. The van der Waals surface area contributed by atoms with E-state index in [4.69, 9.17) is 0 Å². The third-order valence-corrected chi connectivity index (χ3v) is 11.2. The van der Waals surface area contributed by atoms with Gasteiger partial charge in [0, 0.05) is 28.8 Å². The molecule has 0 N–H and O–H groups in total. The lowest BCUT2D eigenvalue weighted by Crippen LogP contribution is -2.62. The van der Waals surface area contributed by atoms with Crippen molar-refractivity contribution in [2.75, 3.05) is 11.4 Å². The second-order valence-corrected chi connectivity index (χ2v) is 13.0. The van der Waals surface area contributed by atoms with E-state index in [0.717, 1.165) is 53.7 Å². The van der Waals surface area contributed by atoms with Crippen molar-refractivity contribution in [3.05, 3.63) is 149 Å². The van der Waals surface area contributed by atoms with Crippen LogP contribution < -0.4 is 4.90 Å². The van der Waals surface area contributed by atoms with Crippen LogP contribution in [-0.2, 0) is 23.3 Å². The Morgan fingerprint density at radius 3 is 2.41 bits per heavy atom. The summed E-state index contributed by atoms with van der Waals surface area (Å²) in [5, 5.41) is 2.37. The Hall–Kier alpha value is -4.54. The minimum atomic E-state index is -1.08. The van der Waals surface area contributed by atoms with Crippen molar-refractivity contribution in [1.82, 2.24) is 4.90 Å². The number of benzene rings is 5. The summed E-state index contributed by atoms with van der Waals surface area (Å²) in [6, 6.07) is 41.9. The Labute approximate surface area is 257 Å². The van der Waals surface area contributed by atoms with Crippen LogP contribution in [0.3, 0.4) is 0 Å². The molecule has 0 radical (unpaired) electrons. The molecule has 9 rings (SSSR count). The van der Waals surface area contributed by atoms with Gasteiger partial charge in [-0.15, -0.1) is 0 Å². The van der Waals surface area contributed by atoms with Crippen LogP contribution in [0.5, 0.6) is 0 Å². The van der Waals surface area contributed by atoms with Gasteiger partial charge < -0.3 is 4.90 Å². The fourth-order valence-electron chi connectivity index (χ4n) is 9.71. The monoisotopic (exact) mass is 574 g/mol. The van der Waals surface area contributed by atoms with E-state index in [2.05, 4.69) is 83.8 Å². The number of nitrogens with zero attached hydrogens (tertiary/aromatic N) is 2. The highest BCUT2D eigenvalue weighted by atomic mass is 16.2. The summed E-state index contributed by atoms with van der Waals surface area (Å²) < 4.78 is 0. The summed E-state index contributed by atoms with van der Waals surface area (Å²) in [7, 11) is 0. The molecule has 4 heteroatoms. The number of carbonyl (C=O) groups is 2. The van der Waals surface area contributed by atoms with Crippen LogP contribution in [0.4, 0.5) is 5.69 Å². The van der Waals surface area contributed by atoms with Gasteiger partial charge in [-0.2, -0.15) is 0 Å². The minimum Gasteiger partial charge on any atom is -0.306 e. The third kappa shape index (κ3) is 3.16. The summed E-state index contributed by atoms with van der Waals surface area (Å²) in [5.74, 6) is 0.0759. The van der Waals surface area contributed by atoms with Crippen molar-refractivity contribution in [2.24, 2.45) is 5.41 Å². The summed E-state index contributed by atoms with van der Waals surface area (Å²) in [4.78, 5) is 35.7. The quantitative estimate of drug-likeness (QED) is 0.222. The van der Waals surface area contributed by atoms with Gasteiger partial charge in [-0.05, 0) is 65.8 Å². The van der Waals surface area contributed by atoms with Crippen LogP contribution in [-0.4, -0.2) is 29.2 Å². The number of aryl methyl sites for hydroxylation is 1. The molecule has 4 atom stereocenters. The lowest BCUT2D eigenvalue weighted by molar-refractivity contribution is -0.134. The highest BCUT2D eigenvalue weighted by Crippen LogP contribution is 2.71. The number of hydrogen-bond acceptors (Lipinski definition) is 3. The Balaban J connectivity index is 1.36. The number of carbonyl (C=O) groups excluding carboxylic acids is 2. The average Bonchev–Trinajstić information content (AvgIpc) is 3.71. The molecular formula is C40H34N2O2. The maximum absolute atomic E-state index is 15.6. The Morgan fingerprint density at radius 2 is 1.50 bits per heavy atom. The molecular weight excluding hydrogens is 540 g/mol. The Kier molecular flexibility index (Phi) is 5.58. The largest absolute Gasteiger partial charge is 0.306 e. The Bertz CT molecular complexity index is 1960. The van der Waals surface area contributed by atoms with E-state index in [1.165, 1.54) is 16.3 Å². The number of anilines is 1. The first-order valence-corrected chi connectivity index (χ1v) is 16.0. The number of amides is 1. The van der Waals surface area contributed by atoms with E-state index >= 15 is 9.59 Å². The number of para-hydroxylation sites is 1. The van der Waals surface area contributed by atoms with Crippen LogP contribution in [0.25, 0.3) is 10.8 Å². The van der Waals surface area contributed by atoms with E-state index in [9.17, 15) is 0 Å². The smallest absolute Gasteiger partial charge is 0.253 e. The zero-order chi connectivity index (χ0) is 29.5. The molecule has 0 bridgehead atoms. The van der Waals surface area contributed by atoms with Crippen LogP contribution in [0, 0.1) is 5.41 Å². The van der Waals surface area contributed by atoms with Gasteiger partial charge in [0.15, 0.2) is 5.78 Å². The highest BCUT2D eigenvalue weighted by Gasteiger charge is 2.78. The first kappa shape index (κ1) is 25.9. The van der Waals surface area contributed by atoms with Gasteiger partial charge in [-0.25, -0.2) is 0 Å². The summed E-state index contributed by atoms with van der Waals surface area (Å²) in [6.07, 6.45) is 3.41. The van der Waals surface area contributed by atoms with Crippen molar-refractivity contribution in [2.45, 2.75) is 49.7 Å². The second kappa shape index (κ2) is 9.48. The van der Waals surface area contributed by atoms with E-state index < -0.39 is 11.0 Å². The lowest BCUT2D eigenvalue weighted by Gasteiger charge is -2.49. The van der Waals surface area contributed by atoms with Crippen LogP contribution in [0.1, 0.15) is 57.8 Å². The fraction of sp³-hybridized carbons (Fsp3) is 0.250. The van der Waals surface area contributed by atoms with Gasteiger partial charge in [0.25, 0.3) is 5.91 Å². The number of fused-ring (bicyclic) bond motifs is 7. The van der Waals surface area contributed by atoms with Gasteiger partial charge >= 0.3 is 0 Å². The zero-order valence-electron chi connectivity index (χ0n) is 24.7. The molecule has 4 aliphatic rings. The average molecular weight is 575 g/mol. The van der Waals surface area contributed by atoms with Gasteiger partial charge in [-0.3, -0.25) is 14.5 Å². The third-order valence-electron chi connectivity index (χ3n) is 11.2. The number of hydrogen-bond donors (Lipinski definition) is 0. The fourth-order valence-corrected chi connectivity index (χ4v) is 9.71. The summed E-state index contributed by atoms with van der Waals surface area (Å²) in [6.45, 7) is 1.29. The van der Waals surface area contributed by atoms with Crippen molar-refractivity contribution in [3.63, 3.8) is 0 Å². The molecule has 1 aliphatic carbocycles. The molecule has 3 heterocycles. The summed E-state index contributed by atoms with van der Waals surface area (Å²) in [5.41, 5.74) is 4.10. The second-order valence-electron chi connectivity index (χ2n) is 13.0. The number of Topliss-reactive ketones (excluding diaryl/α,β-unsaturated/α-hetero) is 1. The summed E-state index contributed by atoms with van der Waals surface area (Å²) >= 11 is 0. The minimum absolute atomic E-state index is 0.0601. The normalized spacial score (nSPS) is 27.3. The Morgan fingerprint density at radius 1 is 0.750 bits per heavy atom. The topological polar surface area (TPSA) is 40.6 Å².